The molecule has 0 spiro atoms. The van der Waals surface area contributed by atoms with Crippen molar-refractivity contribution >= 4 is 5.69 Å². The zero-order valence-electron chi connectivity index (χ0n) is 12.0. The van der Waals surface area contributed by atoms with E-state index in [0.29, 0.717) is 18.3 Å². The Morgan fingerprint density at radius 3 is 2.22 bits per heavy atom. The van der Waals surface area contributed by atoms with Crippen LogP contribution in [-0.4, -0.2) is 15.7 Å². The number of nitrogens with zero attached hydrogens (tertiary/aromatic N) is 1. The minimum absolute atomic E-state index is 0.464. The second-order valence-electron chi connectivity index (χ2n) is 6.17. The molecule has 1 heterocycles. The van der Waals surface area contributed by atoms with Gasteiger partial charge in [-0.2, -0.15) is 0 Å². The third kappa shape index (κ3) is 4.65. The third-order valence-corrected chi connectivity index (χ3v) is 3.04. The molecule has 0 amide bonds. The van der Waals surface area contributed by atoms with Crippen LogP contribution < -0.4 is 5.73 Å². The summed E-state index contributed by atoms with van der Waals surface area (Å²) in [4.78, 5) is 4.10. The zero-order chi connectivity index (χ0) is 13.8. The van der Waals surface area contributed by atoms with Crippen LogP contribution in [-0.2, 0) is 6.42 Å². The first-order chi connectivity index (χ1) is 8.32. The Balaban J connectivity index is 2.87. The highest BCUT2D eigenvalue weighted by molar-refractivity contribution is 5.45. The maximum Gasteiger partial charge on any atom is 0.0694 e. The van der Waals surface area contributed by atoms with Crippen LogP contribution in [0.4, 0.5) is 5.69 Å². The van der Waals surface area contributed by atoms with E-state index in [-0.39, 0.29) is 0 Å². The molecule has 1 aromatic rings. The van der Waals surface area contributed by atoms with E-state index >= 15 is 0 Å². The number of hydrogen-bond acceptors (Lipinski definition) is 3. The molecule has 18 heavy (non-hydrogen) atoms. The Kier molecular flexibility index (Phi) is 5.15. The van der Waals surface area contributed by atoms with Gasteiger partial charge in [0.05, 0.1) is 5.60 Å². The topological polar surface area (TPSA) is 59.1 Å². The van der Waals surface area contributed by atoms with Crippen molar-refractivity contribution in [3.63, 3.8) is 0 Å². The lowest BCUT2D eigenvalue weighted by molar-refractivity contribution is 0.000810. The lowest BCUT2D eigenvalue weighted by Crippen LogP contribution is -2.35. The molecule has 0 radical (unpaired) electrons. The van der Waals surface area contributed by atoms with Gasteiger partial charge in [0.1, 0.15) is 0 Å². The molecule has 0 aliphatic carbocycles. The van der Waals surface area contributed by atoms with Gasteiger partial charge >= 0.3 is 0 Å². The third-order valence-electron chi connectivity index (χ3n) is 3.04. The predicted octanol–water partition coefficient (Wildman–Crippen LogP) is 3.03. The van der Waals surface area contributed by atoms with Crippen LogP contribution in [0, 0.1) is 11.8 Å². The van der Waals surface area contributed by atoms with Crippen molar-refractivity contribution in [2.75, 3.05) is 5.73 Å². The molecule has 0 saturated carbocycles. The van der Waals surface area contributed by atoms with Gasteiger partial charge in [-0.3, -0.25) is 4.98 Å². The average Bonchev–Trinajstić information content (AvgIpc) is 2.18. The molecule has 3 nitrogen and oxygen atoms in total. The number of nitrogens with two attached hydrogens (primary N) is 1. The first-order valence-corrected chi connectivity index (χ1v) is 6.73. The molecule has 0 aromatic carbocycles. The standard InChI is InChI=1S/C15H26N2O/c1-11(2)7-15(18,8-12(3)4)9-13-10-17-6-5-14(13)16/h5-6,10-12,18H,7-9H2,1-4H3,(H2,16,17). The lowest BCUT2D eigenvalue weighted by atomic mass is 9.80. The molecular weight excluding hydrogens is 224 g/mol. The van der Waals surface area contributed by atoms with Crippen molar-refractivity contribution in [1.29, 1.82) is 0 Å². The Bertz CT molecular complexity index is 365. The summed E-state index contributed by atoms with van der Waals surface area (Å²) in [6.07, 6.45) is 5.62. The molecule has 0 unspecified atom stereocenters. The summed E-state index contributed by atoms with van der Waals surface area (Å²) in [6, 6.07) is 1.79. The molecule has 0 saturated heterocycles. The van der Waals surface area contributed by atoms with Gasteiger partial charge in [0.15, 0.2) is 0 Å². The molecule has 1 aromatic heterocycles. The maximum atomic E-state index is 10.8. The Hall–Kier alpha value is -1.09. The number of anilines is 1. The molecule has 0 atom stereocenters. The van der Waals surface area contributed by atoms with Gasteiger partial charge in [0.2, 0.25) is 0 Å². The highest BCUT2D eigenvalue weighted by Crippen LogP contribution is 2.30. The quantitative estimate of drug-likeness (QED) is 0.816. The van der Waals surface area contributed by atoms with Gasteiger partial charge in [-0.25, -0.2) is 0 Å². The van der Waals surface area contributed by atoms with Crippen molar-refractivity contribution in [2.24, 2.45) is 11.8 Å². The minimum Gasteiger partial charge on any atom is -0.398 e. The van der Waals surface area contributed by atoms with Gasteiger partial charge in [-0.15, -0.1) is 0 Å². The monoisotopic (exact) mass is 250 g/mol. The summed E-state index contributed by atoms with van der Waals surface area (Å²) in [7, 11) is 0. The summed E-state index contributed by atoms with van der Waals surface area (Å²) in [6.45, 7) is 8.55. The Morgan fingerprint density at radius 2 is 1.78 bits per heavy atom. The van der Waals surface area contributed by atoms with Crippen molar-refractivity contribution in [2.45, 2.75) is 52.6 Å². The predicted molar refractivity (Wildman–Crippen MR) is 76.2 cm³/mol. The maximum absolute atomic E-state index is 10.8. The van der Waals surface area contributed by atoms with Crippen molar-refractivity contribution in [3.05, 3.63) is 24.0 Å². The van der Waals surface area contributed by atoms with E-state index in [1.54, 1.807) is 18.5 Å². The fourth-order valence-electron chi connectivity index (χ4n) is 2.69. The second kappa shape index (κ2) is 6.19. The van der Waals surface area contributed by atoms with Gasteiger partial charge < -0.3 is 10.8 Å². The zero-order valence-corrected chi connectivity index (χ0v) is 12.0. The fraction of sp³-hybridized carbons (Fsp3) is 0.667. The Labute approximate surface area is 110 Å². The molecular formula is C15H26N2O. The van der Waals surface area contributed by atoms with E-state index in [1.807, 2.05) is 0 Å². The molecule has 3 N–H and O–H groups in total. The van der Waals surface area contributed by atoms with Gasteiger partial charge in [-0.1, -0.05) is 27.7 Å². The first-order valence-electron chi connectivity index (χ1n) is 6.73. The molecule has 0 aliphatic heterocycles. The Morgan fingerprint density at radius 1 is 1.22 bits per heavy atom. The fourth-order valence-corrected chi connectivity index (χ4v) is 2.69. The second-order valence-corrected chi connectivity index (χ2v) is 6.17. The van der Waals surface area contributed by atoms with E-state index in [4.69, 9.17) is 5.73 Å². The van der Waals surface area contributed by atoms with Crippen LogP contribution in [0.25, 0.3) is 0 Å². The molecule has 102 valence electrons. The van der Waals surface area contributed by atoms with Crippen molar-refractivity contribution < 1.29 is 5.11 Å². The van der Waals surface area contributed by atoms with Crippen LogP contribution in [0.3, 0.4) is 0 Å². The van der Waals surface area contributed by atoms with E-state index in [1.165, 1.54) is 0 Å². The summed E-state index contributed by atoms with van der Waals surface area (Å²) in [5, 5.41) is 10.8. The van der Waals surface area contributed by atoms with E-state index in [0.717, 1.165) is 24.1 Å². The molecule has 0 bridgehead atoms. The van der Waals surface area contributed by atoms with E-state index < -0.39 is 5.60 Å². The summed E-state index contributed by atoms with van der Waals surface area (Å²) < 4.78 is 0. The van der Waals surface area contributed by atoms with Crippen LogP contribution in [0.1, 0.15) is 46.1 Å². The van der Waals surface area contributed by atoms with Crippen LogP contribution in [0.15, 0.2) is 18.5 Å². The van der Waals surface area contributed by atoms with Gasteiger partial charge in [-0.05, 0) is 36.3 Å². The number of aliphatic hydroxyl groups is 1. The molecule has 1 rings (SSSR count). The summed E-state index contributed by atoms with van der Waals surface area (Å²) >= 11 is 0. The smallest absolute Gasteiger partial charge is 0.0694 e. The number of rotatable bonds is 6. The van der Waals surface area contributed by atoms with E-state index in [2.05, 4.69) is 32.7 Å². The lowest BCUT2D eigenvalue weighted by Gasteiger charge is -2.32. The largest absolute Gasteiger partial charge is 0.398 e. The summed E-state index contributed by atoms with van der Waals surface area (Å²) in [5.41, 5.74) is 6.92. The van der Waals surface area contributed by atoms with Crippen molar-refractivity contribution in [3.8, 4) is 0 Å². The first kappa shape index (κ1) is 15.0. The highest BCUT2D eigenvalue weighted by atomic mass is 16.3. The van der Waals surface area contributed by atoms with Crippen LogP contribution in [0.2, 0.25) is 0 Å². The number of aromatic nitrogens is 1. The average molecular weight is 250 g/mol. The summed E-state index contributed by atoms with van der Waals surface area (Å²) in [5.74, 6) is 0.929. The van der Waals surface area contributed by atoms with Crippen LogP contribution >= 0.6 is 0 Å². The number of pyridine rings is 1. The molecule has 3 heteroatoms. The van der Waals surface area contributed by atoms with Gasteiger partial charge in [0, 0.05) is 24.5 Å². The van der Waals surface area contributed by atoms with Gasteiger partial charge in [0.25, 0.3) is 0 Å². The van der Waals surface area contributed by atoms with Crippen molar-refractivity contribution in [1.82, 2.24) is 4.98 Å². The normalized spacial score (nSPS) is 12.4. The minimum atomic E-state index is -0.681. The van der Waals surface area contributed by atoms with E-state index in [9.17, 15) is 5.11 Å². The SMILES string of the molecule is CC(C)CC(O)(Cc1cnccc1N)CC(C)C. The molecule has 0 fully saturated rings. The highest BCUT2D eigenvalue weighted by Gasteiger charge is 2.30. The number of nitrogen functional groups attached to an aromatic ring is 1. The number of hydrogen-bond donors (Lipinski definition) is 2. The molecule has 0 aliphatic rings. The van der Waals surface area contributed by atoms with Crippen LogP contribution in [0.5, 0.6) is 0 Å².